The van der Waals surface area contributed by atoms with Gasteiger partial charge in [-0.05, 0) is 31.1 Å². The molecule has 0 saturated carbocycles. The van der Waals surface area contributed by atoms with E-state index in [0.717, 1.165) is 24.2 Å². The summed E-state index contributed by atoms with van der Waals surface area (Å²) >= 11 is 0. The fourth-order valence-corrected chi connectivity index (χ4v) is 3.15. The van der Waals surface area contributed by atoms with Crippen LogP contribution in [-0.4, -0.2) is 42.6 Å². The third kappa shape index (κ3) is 7.23. The third-order valence-electron chi connectivity index (χ3n) is 4.85. The van der Waals surface area contributed by atoms with Crippen LogP contribution >= 0.6 is 0 Å². The molecule has 29 heavy (non-hydrogen) atoms. The number of nitrogens with zero attached hydrogens (tertiary/aromatic N) is 1. The first-order chi connectivity index (χ1) is 14.0. The van der Waals surface area contributed by atoms with E-state index in [4.69, 9.17) is 4.74 Å². The van der Waals surface area contributed by atoms with Gasteiger partial charge in [-0.2, -0.15) is 0 Å². The Hall–Kier alpha value is -2.86. The Morgan fingerprint density at radius 3 is 2.14 bits per heavy atom. The summed E-state index contributed by atoms with van der Waals surface area (Å²) in [7, 11) is 0. The smallest absolute Gasteiger partial charge is 0.408 e. The maximum absolute atomic E-state index is 12.5. The lowest BCUT2D eigenvalue weighted by Crippen LogP contribution is -2.47. The van der Waals surface area contributed by atoms with Crippen molar-refractivity contribution in [2.75, 3.05) is 19.6 Å². The van der Waals surface area contributed by atoms with Gasteiger partial charge in [0.1, 0.15) is 12.6 Å². The molecule has 0 aliphatic heterocycles. The van der Waals surface area contributed by atoms with E-state index in [1.807, 2.05) is 48.5 Å². The lowest BCUT2D eigenvalue weighted by atomic mass is 10.0. The number of hydrogen-bond acceptors (Lipinski definition) is 4. The zero-order valence-corrected chi connectivity index (χ0v) is 17.4. The van der Waals surface area contributed by atoms with Crippen LogP contribution < -0.4 is 10.6 Å². The number of ether oxygens (including phenoxy) is 1. The van der Waals surface area contributed by atoms with Gasteiger partial charge in [0.15, 0.2) is 0 Å². The molecule has 0 saturated heterocycles. The van der Waals surface area contributed by atoms with Gasteiger partial charge < -0.3 is 15.4 Å². The molecule has 6 heteroatoms. The van der Waals surface area contributed by atoms with E-state index in [1.165, 1.54) is 0 Å². The first-order valence-electron chi connectivity index (χ1n) is 10.1. The number of alkyl carbamates (subject to hydrolysis) is 1. The quantitative estimate of drug-likeness (QED) is 0.644. The van der Waals surface area contributed by atoms with Crippen LogP contribution in [0.3, 0.4) is 0 Å². The van der Waals surface area contributed by atoms with Gasteiger partial charge in [0.25, 0.3) is 0 Å². The molecule has 2 aromatic carbocycles. The maximum atomic E-state index is 12.5. The molecule has 156 valence electrons. The molecule has 0 aliphatic carbocycles. The third-order valence-corrected chi connectivity index (χ3v) is 4.85. The van der Waals surface area contributed by atoms with Crippen molar-refractivity contribution in [2.24, 2.45) is 0 Å². The Morgan fingerprint density at radius 1 is 0.966 bits per heavy atom. The molecule has 0 fully saturated rings. The minimum atomic E-state index is -0.689. The second-order valence-corrected chi connectivity index (χ2v) is 6.82. The standard InChI is InChI=1S/C23H31N3O3/c1-4-26(5-2)21(20-14-10-7-11-15-20)16-24-22(27)18(3)25-23(28)29-17-19-12-8-6-9-13-19/h6-15,18,21H,4-5,16-17H2,1-3H3,(H,24,27)(H,25,28)/t18-,21?/m0/s1. The summed E-state index contributed by atoms with van der Waals surface area (Å²) in [6.07, 6.45) is -0.611. The SMILES string of the molecule is CCN(CC)C(CNC(=O)[C@H](C)NC(=O)OCc1ccccc1)c1ccccc1. The van der Waals surface area contributed by atoms with Crippen LogP contribution in [0.4, 0.5) is 4.79 Å². The van der Waals surface area contributed by atoms with Gasteiger partial charge in [-0.3, -0.25) is 9.69 Å². The predicted octanol–water partition coefficient (Wildman–Crippen LogP) is 3.50. The van der Waals surface area contributed by atoms with Gasteiger partial charge in [-0.15, -0.1) is 0 Å². The topological polar surface area (TPSA) is 70.7 Å². The second kappa shape index (κ2) is 11.9. The van der Waals surface area contributed by atoms with Crippen molar-refractivity contribution in [2.45, 2.75) is 39.5 Å². The summed E-state index contributed by atoms with van der Waals surface area (Å²) < 4.78 is 5.18. The summed E-state index contributed by atoms with van der Waals surface area (Å²) in [6.45, 7) is 8.25. The van der Waals surface area contributed by atoms with Gasteiger partial charge in [-0.1, -0.05) is 74.5 Å². The lowest BCUT2D eigenvalue weighted by molar-refractivity contribution is -0.122. The zero-order valence-electron chi connectivity index (χ0n) is 17.4. The molecule has 0 bridgehead atoms. The van der Waals surface area contributed by atoms with Crippen molar-refractivity contribution < 1.29 is 14.3 Å². The molecule has 2 aromatic rings. The molecule has 2 atom stereocenters. The van der Waals surface area contributed by atoms with Crippen molar-refractivity contribution in [3.63, 3.8) is 0 Å². The summed E-state index contributed by atoms with van der Waals surface area (Å²) in [5.74, 6) is -0.241. The van der Waals surface area contributed by atoms with Gasteiger partial charge in [0.2, 0.25) is 5.91 Å². The first kappa shape index (κ1) is 22.4. The van der Waals surface area contributed by atoms with Crippen LogP contribution in [0.25, 0.3) is 0 Å². The Labute approximate surface area is 173 Å². The summed E-state index contributed by atoms with van der Waals surface area (Å²) in [4.78, 5) is 26.8. The molecule has 0 spiro atoms. The van der Waals surface area contributed by atoms with Crippen LogP contribution in [0.5, 0.6) is 0 Å². The van der Waals surface area contributed by atoms with E-state index in [9.17, 15) is 9.59 Å². The molecule has 2 amide bonds. The number of hydrogen-bond donors (Lipinski definition) is 2. The van der Waals surface area contributed by atoms with E-state index in [0.29, 0.717) is 6.54 Å². The van der Waals surface area contributed by atoms with E-state index in [1.54, 1.807) is 6.92 Å². The molecular weight excluding hydrogens is 366 g/mol. The van der Waals surface area contributed by atoms with E-state index >= 15 is 0 Å². The Kier molecular flexibility index (Phi) is 9.18. The van der Waals surface area contributed by atoms with Crippen molar-refractivity contribution >= 4 is 12.0 Å². The lowest BCUT2D eigenvalue weighted by Gasteiger charge is -2.30. The highest BCUT2D eigenvalue weighted by atomic mass is 16.5. The molecule has 2 rings (SSSR count). The molecule has 0 heterocycles. The Balaban J connectivity index is 1.85. The first-order valence-corrected chi connectivity index (χ1v) is 10.1. The van der Waals surface area contributed by atoms with Crippen molar-refractivity contribution in [3.8, 4) is 0 Å². The number of carbonyl (C=O) groups is 2. The van der Waals surface area contributed by atoms with Crippen LogP contribution in [0.15, 0.2) is 60.7 Å². The fourth-order valence-electron chi connectivity index (χ4n) is 3.15. The fraction of sp³-hybridized carbons (Fsp3) is 0.391. The number of nitrogens with one attached hydrogen (secondary N) is 2. The van der Waals surface area contributed by atoms with Crippen molar-refractivity contribution in [1.29, 1.82) is 0 Å². The van der Waals surface area contributed by atoms with Crippen LogP contribution in [0, 0.1) is 0 Å². The predicted molar refractivity (Wildman–Crippen MR) is 114 cm³/mol. The molecule has 2 N–H and O–H groups in total. The molecule has 0 radical (unpaired) electrons. The van der Waals surface area contributed by atoms with E-state index in [-0.39, 0.29) is 18.6 Å². The molecular formula is C23H31N3O3. The van der Waals surface area contributed by atoms with Gasteiger partial charge in [0, 0.05) is 6.54 Å². The van der Waals surface area contributed by atoms with Crippen molar-refractivity contribution in [1.82, 2.24) is 15.5 Å². The average Bonchev–Trinajstić information content (AvgIpc) is 2.76. The Bertz CT molecular complexity index is 748. The van der Waals surface area contributed by atoms with E-state index in [2.05, 4.69) is 41.5 Å². The number of amides is 2. The van der Waals surface area contributed by atoms with E-state index < -0.39 is 12.1 Å². The summed E-state index contributed by atoms with van der Waals surface area (Å²) in [5.41, 5.74) is 2.05. The van der Waals surface area contributed by atoms with Gasteiger partial charge >= 0.3 is 6.09 Å². The maximum Gasteiger partial charge on any atom is 0.408 e. The van der Waals surface area contributed by atoms with Crippen LogP contribution in [0.2, 0.25) is 0 Å². The normalized spacial score (nSPS) is 12.8. The number of likely N-dealkylation sites (N-methyl/N-ethyl adjacent to an activating group) is 1. The molecule has 1 unspecified atom stereocenters. The largest absolute Gasteiger partial charge is 0.445 e. The number of benzene rings is 2. The minimum absolute atomic E-state index is 0.0763. The summed E-state index contributed by atoms with van der Waals surface area (Å²) in [5, 5.41) is 5.54. The molecule has 0 aromatic heterocycles. The van der Waals surface area contributed by atoms with Crippen LogP contribution in [0.1, 0.15) is 37.9 Å². The van der Waals surface area contributed by atoms with Crippen LogP contribution in [-0.2, 0) is 16.1 Å². The van der Waals surface area contributed by atoms with Gasteiger partial charge in [-0.25, -0.2) is 4.79 Å². The zero-order chi connectivity index (χ0) is 21.1. The molecule has 6 nitrogen and oxygen atoms in total. The summed E-state index contributed by atoms with van der Waals surface area (Å²) in [6, 6.07) is 18.9. The average molecular weight is 398 g/mol. The second-order valence-electron chi connectivity index (χ2n) is 6.82. The number of carbonyl (C=O) groups excluding carboxylic acids is 2. The minimum Gasteiger partial charge on any atom is -0.445 e. The van der Waals surface area contributed by atoms with Gasteiger partial charge in [0.05, 0.1) is 6.04 Å². The highest BCUT2D eigenvalue weighted by molar-refractivity contribution is 5.85. The Morgan fingerprint density at radius 2 is 1.55 bits per heavy atom. The molecule has 0 aliphatic rings. The highest BCUT2D eigenvalue weighted by Gasteiger charge is 2.21. The monoisotopic (exact) mass is 397 g/mol. The van der Waals surface area contributed by atoms with Crippen molar-refractivity contribution in [3.05, 3.63) is 71.8 Å². The highest BCUT2D eigenvalue weighted by Crippen LogP contribution is 2.19. The number of rotatable bonds is 10.